The number of rotatable bonds is 6. The molecule has 28 heavy (non-hydrogen) atoms. The van der Waals surface area contributed by atoms with Gasteiger partial charge in [-0.15, -0.1) is 0 Å². The summed E-state index contributed by atoms with van der Waals surface area (Å²) in [5.41, 5.74) is 1.72. The first-order valence-electron chi connectivity index (χ1n) is 9.22. The van der Waals surface area contributed by atoms with Crippen LogP contribution in [0, 0.1) is 6.92 Å². The fraction of sp³-hybridized carbons (Fsp3) is 0.333. The second-order valence-corrected chi connectivity index (χ2v) is 6.79. The van der Waals surface area contributed by atoms with E-state index >= 15 is 0 Å². The minimum Gasteiger partial charge on any atom is -0.507 e. The molecule has 0 unspecified atom stereocenters. The summed E-state index contributed by atoms with van der Waals surface area (Å²) in [5, 5.41) is 18.8. The quantitative estimate of drug-likeness (QED) is 0.795. The lowest BCUT2D eigenvalue weighted by Crippen LogP contribution is -2.49. The van der Waals surface area contributed by atoms with Gasteiger partial charge in [-0.2, -0.15) is 0 Å². The van der Waals surface area contributed by atoms with Crippen LogP contribution in [-0.4, -0.2) is 59.8 Å². The van der Waals surface area contributed by atoms with Crippen molar-refractivity contribution in [3.63, 3.8) is 0 Å². The summed E-state index contributed by atoms with van der Waals surface area (Å²) in [6.45, 7) is 4.66. The van der Waals surface area contributed by atoms with Gasteiger partial charge in [-0.1, -0.05) is 12.1 Å². The van der Waals surface area contributed by atoms with Gasteiger partial charge >= 0.3 is 5.97 Å². The van der Waals surface area contributed by atoms with E-state index in [2.05, 4.69) is 0 Å². The van der Waals surface area contributed by atoms with E-state index in [-0.39, 0.29) is 17.2 Å². The fourth-order valence-corrected chi connectivity index (χ4v) is 3.23. The number of hydrogen-bond acceptors (Lipinski definition) is 5. The van der Waals surface area contributed by atoms with Crippen molar-refractivity contribution in [2.75, 3.05) is 37.7 Å². The van der Waals surface area contributed by atoms with E-state index in [1.807, 2.05) is 36.1 Å². The van der Waals surface area contributed by atoms with Gasteiger partial charge in [0, 0.05) is 31.9 Å². The molecule has 148 valence electrons. The standard InChI is InChI=1S/C21H24N2O5/c1-15-3-2-4-17(13-15)28-12-7-20(25)23-10-8-22(9-11-23)16-5-6-19(24)18(14-16)21(26)27/h2-6,13-14,24H,7-12H2,1H3,(H,26,27). The van der Waals surface area contributed by atoms with Crippen molar-refractivity contribution in [1.82, 2.24) is 4.90 Å². The maximum Gasteiger partial charge on any atom is 0.339 e. The number of benzene rings is 2. The minimum absolute atomic E-state index is 0.0456. The molecule has 1 aliphatic rings. The van der Waals surface area contributed by atoms with Gasteiger partial charge in [-0.05, 0) is 42.8 Å². The second-order valence-electron chi connectivity index (χ2n) is 6.79. The van der Waals surface area contributed by atoms with Crippen LogP contribution in [0.15, 0.2) is 42.5 Å². The zero-order valence-electron chi connectivity index (χ0n) is 15.8. The van der Waals surface area contributed by atoms with Crippen LogP contribution in [0.3, 0.4) is 0 Å². The normalized spacial score (nSPS) is 14.0. The highest BCUT2D eigenvalue weighted by Gasteiger charge is 2.22. The summed E-state index contributed by atoms with van der Waals surface area (Å²) in [6, 6.07) is 12.3. The molecule has 0 aliphatic carbocycles. The number of amides is 1. The van der Waals surface area contributed by atoms with Crippen LogP contribution in [0.25, 0.3) is 0 Å². The molecule has 0 saturated carbocycles. The Bertz CT molecular complexity index is 860. The first kappa shape index (κ1) is 19.5. The van der Waals surface area contributed by atoms with E-state index in [1.165, 1.54) is 12.1 Å². The van der Waals surface area contributed by atoms with Gasteiger partial charge in [0.2, 0.25) is 5.91 Å². The Morgan fingerprint density at radius 3 is 2.50 bits per heavy atom. The zero-order valence-corrected chi connectivity index (χ0v) is 15.8. The largest absolute Gasteiger partial charge is 0.507 e. The molecule has 0 bridgehead atoms. The molecule has 0 aromatic heterocycles. The molecule has 0 radical (unpaired) electrons. The Hall–Kier alpha value is -3.22. The fourth-order valence-electron chi connectivity index (χ4n) is 3.23. The molecule has 7 nitrogen and oxygen atoms in total. The molecule has 1 heterocycles. The molecule has 2 N–H and O–H groups in total. The van der Waals surface area contributed by atoms with Crippen molar-refractivity contribution in [2.24, 2.45) is 0 Å². The lowest BCUT2D eigenvalue weighted by Gasteiger charge is -2.36. The summed E-state index contributed by atoms with van der Waals surface area (Å²) in [5.74, 6) is -0.608. The maximum atomic E-state index is 12.4. The molecule has 1 aliphatic heterocycles. The van der Waals surface area contributed by atoms with E-state index in [0.29, 0.717) is 39.2 Å². The Balaban J connectivity index is 1.49. The van der Waals surface area contributed by atoms with Crippen molar-refractivity contribution in [3.05, 3.63) is 53.6 Å². The summed E-state index contributed by atoms with van der Waals surface area (Å²) in [7, 11) is 0. The topological polar surface area (TPSA) is 90.3 Å². The Morgan fingerprint density at radius 1 is 1.07 bits per heavy atom. The number of nitrogens with zero attached hydrogens (tertiary/aromatic N) is 2. The molecule has 1 saturated heterocycles. The highest BCUT2D eigenvalue weighted by atomic mass is 16.5. The zero-order chi connectivity index (χ0) is 20.1. The average molecular weight is 384 g/mol. The Kier molecular flexibility index (Phi) is 6.03. The van der Waals surface area contributed by atoms with Crippen LogP contribution in [0.4, 0.5) is 5.69 Å². The van der Waals surface area contributed by atoms with Crippen LogP contribution in [0.2, 0.25) is 0 Å². The number of hydrogen-bond donors (Lipinski definition) is 2. The molecule has 0 spiro atoms. The molecule has 1 fully saturated rings. The van der Waals surface area contributed by atoms with E-state index < -0.39 is 5.97 Å². The molecule has 1 amide bonds. The molecule has 2 aromatic carbocycles. The minimum atomic E-state index is -1.17. The number of carboxylic acids is 1. The number of aromatic carboxylic acids is 1. The van der Waals surface area contributed by atoms with Crippen molar-refractivity contribution in [2.45, 2.75) is 13.3 Å². The number of carbonyl (C=O) groups is 2. The van der Waals surface area contributed by atoms with Crippen LogP contribution in [0.5, 0.6) is 11.5 Å². The lowest BCUT2D eigenvalue weighted by atomic mass is 10.1. The average Bonchev–Trinajstić information content (AvgIpc) is 2.68. The monoisotopic (exact) mass is 384 g/mol. The van der Waals surface area contributed by atoms with Crippen molar-refractivity contribution < 1.29 is 24.5 Å². The van der Waals surface area contributed by atoms with Crippen LogP contribution < -0.4 is 9.64 Å². The van der Waals surface area contributed by atoms with E-state index in [0.717, 1.165) is 17.0 Å². The van der Waals surface area contributed by atoms with Crippen molar-refractivity contribution in [1.29, 1.82) is 0 Å². The number of aromatic hydroxyl groups is 1. The van der Waals surface area contributed by atoms with Gasteiger partial charge in [-0.3, -0.25) is 4.79 Å². The van der Waals surface area contributed by atoms with Crippen molar-refractivity contribution >= 4 is 17.6 Å². The molecular weight excluding hydrogens is 360 g/mol. The summed E-state index contributed by atoms with van der Waals surface area (Å²) in [4.78, 5) is 27.4. The molecule has 2 aromatic rings. The molecule has 7 heteroatoms. The van der Waals surface area contributed by atoms with Gasteiger partial charge in [0.05, 0.1) is 13.0 Å². The van der Waals surface area contributed by atoms with E-state index in [1.54, 1.807) is 11.0 Å². The number of aryl methyl sites for hydroxylation is 1. The predicted molar refractivity (Wildman–Crippen MR) is 105 cm³/mol. The lowest BCUT2D eigenvalue weighted by molar-refractivity contribution is -0.132. The van der Waals surface area contributed by atoms with Gasteiger partial charge < -0.3 is 24.7 Å². The number of ether oxygens (including phenoxy) is 1. The van der Waals surface area contributed by atoms with Gasteiger partial charge in [0.15, 0.2) is 0 Å². The van der Waals surface area contributed by atoms with Gasteiger partial charge in [0.1, 0.15) is 17.1 Å². The maximum absolute atomic E-state index is 12.4. The molecule has 3 rings (SSSR count). The summed E-state index contributed by atoms with van der Waals surface area (Å²) >= 11 is 0. The Labute approximate surface area is 163 Å². The Morgan fingerprint density at radius 2 is 1.82 bits per heavy atom. The first-order chi connectivity index (χ1) is 13.4. The van der Waals surface area contributed by atoms with Crippen LogP contribution in [-0.2, 0) is 4.79 Å². The third-order valence-corrected chi connectivity index (χ3v) is 4.78. The smallest absolute Gasteiger partial charge is 0.339 e. The number of piperazine rings is 1. The van der Waals surface area contributed by atoms with Crippen molar-refractivity contribution in [3.8, 4) is 11.5 Å². The second kappa shape index (κ2) is 8.65. The first-order valence-corrected chi connectivity index (χ1v) is 9.22. The van der Waals surface area contributed by atoms with E-state index in [9.17, 15) is 14.7 Å². The molecular formula is C21H24N2O5. The third-order valence-electron chi connectivity index (χ3n) is 4.78. The van der Waals surface area contributed by atoms with Gasteiger partial charge in [0.25, 0.3) is 0 Å². The number of anilines is 1. The summed E-state index contributed by atoms with van der Waals surface area (Å²) in [6.07, 6.45) is 0.316. The highest BCUT2D eigenvalue weighted by Crippen LogP contribution is 2.25. The SMILES string of the molecule is Cc1cccc(OCCC(=O)N2CCN(c3ccc(O)c(C(=O)O)c3)CC2)c1. The van der Waals surface area contributed by atoms with Crippen LogP contribution in [0.1, 0.15) is 22.3 Å². The van der Waals surface area contributed by atoms with Crippen LogP contribution >= 0.6 is 0 Å². The number of phenols is 1. The number of carboxylic acid groups (broad SMARTS) is 1. The third kappa shape index (κ3) is 4.73. The highest BCUT2D eigenvalue weighted by molar-refractivity contribution is 5.92. The van der Waals surface area contributed by atoms with Gasteiger partial charge in [-0.25, -0.2) is 4.79 Å². The summed E-state index contributed by atoms with van der Waals surface area (Å²) < 4.78 is 5.65. The molecule has 0 atom stereocenters. The van der Waals surface area contributed by atoms with E-state index in [4.69, 9.17) is 9.84 Å². The predicted octanol–water partition coefficient (Wildman–Crippen LogP) is 2.52. The number of carbonyl (C=O) groups excluding carboxylic acids is 1.